The van der Waals surface area contributed by atoms with Crippen LogP contribution in [-0.4, -0.2) is 23.6 Å². The van der Waals surface area contributed by atoms with Gasteiger partial charge in [0.1, 0.15) is 18.8 Å². The molecule has 4 nitrogen and oxygen atoms in total. The van der Waals surface area contributed by atoms with Crippen LogP contribution in [-0.2, 0) is 0 Å². The molecule has 0 aliphatic heterocycles. The lowest BCUT2D eigenvalue weighted by atomic mass is 10.1. The molecule has 0 radical (unpaired) electrons. The van der Waals surface area contributed by atoms with Gasteiger partial charge in [-0.25, -0.2) is 9.97 Å². The van der Waals surface area contributed by atoms with Gasteiger partial charge in [0.15, 0.2) is 0 Å². The van der Waals surface area contributed by atoms with Crippen LogP contribution < -0.4 is 10.1 Å². The van der Waals surface area contributed by atoms with E-state index >= 15 is 0 Å². The Balaban J connectivity index is 2.94. The molecule has 0 aromatic carbocycles. The summed E-state index contributed by atoms with van der Waals surface area (Å²) in [5, 5.41) is 3.04. The lowest BCUT2D eigenvalue weighted by Gasteiger charge is -2.15. The fourth-order valence-corrected chi connectivity index (χ4v) is 1.42. The molecular formula is C12H17N3O. The largest absolute Gasteiger partial charge is 0.476 e. The number of nitrogens with one attached hydrogen (secondary N) is 1. The van der Waals surface area contributed by atoms with Gasteiger partial charge in [-0.3, -0.25) is 0 Å². The number of hydrogen-bond acceptors (Lipinski definition) is 4. The third-order valence-electron chi connectivity index (χ3n) is 2.15. The van der Waals surface area contributed by atoms with Crippen molar-refractivity contribution in [3.05, 3.63) is 11.9 Å². The molecule has 4 heteroatoms. The molecule has 0 saturated carbocycles. The van der Waals surface area contributed by atoms with Crippen molar-refractivity contribution in [1.82, 2.24) is 9.97 Å². The van der Waals surface area contributed by atoms with Crippen LogP contribution in [0.3, 0.4) is 0 Å². The smallest absolute Gasteiger partial charge is 0.222 e. The molecule has 1 N–H and O–H groups in total. The van der Waals surface area contributed by atoms with Crippen molar-refractivity contribution in [1.29, 1.82) is 0 Å². The highest BCUT2D eigenvalue weighted by atomic mass is 16.5. The number of anilines is 1. The van der Waals surface area contributed by atoms with E-state index in [1.54, 1.807) is 0 Å². The highest BCUT2D eigenvalue weighted by Gasteiger charge is 2.14. The van der Waals surface area contributed by atoms with Gasteiger partial charge >= 0.3 is 0 Å². The molecule has 1 aromatic rings. The van der Waals surface area contributed by atoms with E-state index < -0.39 is 0 Å². The number of nitrogens with zero attached hydrogens (tertiary/aromatic N) is 2. The molecule has 0 bridgehead atoms. The van der Waals surface area contributed by atoms with E-state index in [1.807, 2.05) is 7.05 Å². The molecule has 1 aromatic heterocycles. The van der Waals surface area contributed by atoms with Crippen molar-refractivity contribution in [2.75, 3.05) is 19.0 Å². The van der Waals surface area contributed by atoms with Crippen LogP contribution in [0, 0.1) is 12.3 Å². The third kappa shape index (κ3) is 2.86. The van der Waals surface area contributed by atoms with E-state index in [9.17, 15) is 0 Å². The minimum absolute atomic E-state index is 0.296. The van der Waals surface area contributed by atoms with E-state index in [-0.39, 0.29) is 0 Å². The predicted molar refractivity (Wildman–Crippen MR) is 64.6 cm³/mol. The lowest BCUT2D eigenvalue weighted by Crippen LogP contribution is -2.07. The monoisotopic (exact) mass is 219 g/mol. The SMILES string of the molecule is C#CCCOc1ncnc(NC)c1C(C)C. The fraction of sp³-hybridized carbons (Fsp3) is 0.500. The summed E-state index contributed by atoms with van der Waals surface area (Å²) in [6, 6.07) is 0. The van der Waals surface area contributed by atoms with Crippen molar-refractivity contribution >= 4 is 5.82 Å². The summed E-state index contributed by atoms with van der Waals surface area (Å²) in [5.74, 6) is 4.25. The Labute approximate surface area is 96.5 Å². The zero-order valence-corrected chi connectivity index (χ0v) is 9.95. The van der Waals surface area contributed by atoms with Gasteiger partial charge in [-0.2, -0.15) is 0 Å². The Kier molecular flexibility index (Phi) is 4.59. The Bertz CT molecular complexity index is 382. The van der Waals surface area contributed by atoms with Crippen LogP contribution in [0.5, 0.6) is 5.88 Å². The average Bonchev–Trinajstić information content (AvgIpc) is 2.28. The zero-order valence-electron chi connectivity index (χ0n) is 9.95. The summed E-state index contributed by atoms with van der Waals surface area (Å²) in [4.78, 5) is 8.30. The molecule has 1 heterocycles. The second kappa shape index (κ2) is 5.96. The number of rotatable bonds is 5. The van der Waals surface area contributed by atoms with Crippen molar-refractivity contribution in [3.8, 4) is 18.2 Å². The molecule has 0 aliphatic rings. The average molecular weight is 219 g/mol. The zero-order chi connectivity index (χ0) is 12.0. The summed E-state index contributed by atoms with van der Waals surface area (Å²) in [5.41, 5.74) is 0.988. The van der Waals surface area contributed by atoms with Gasteiger partial charge in [0, 0.05) is 13.5 Å². The number of terminal acetylenes is 1. The summed E-state index contributed by atoms with van der Waals surface area (Å²) >= 11 is 0. The minimum Gasteiger partial charge on any atom is -0.476 e. The normalized spacial score (nSPS) is 9.94. The van der Waals surface area contributed by atoms with E-state index in [1.165, 1.54) is 6.33 Å². The van der Waals surface area contributed by atoms with Crippen LogP contribution in [0.2, 0.25) is 0 Å². The van der Waals surface area contributed by atoms with Crippen LogP contribution in [0.1, 0.15) is 31.7 Å². The Hall–Kier alpha value is -1.76. The second-order valence-corrected chi connectivity index (χ2v) is 3.65. The number of hydrogen-bond donors (Lipinski definition) is 1. The van der Waals surface area contributed by atoms with E-state index in [4.69, 9.17) is 11.2 Å². The molecule has 0 amide bonds. The van der Waals surface area contributed by atoms with Crippen molar-refractivity contribution < 1.29 is 4.74 Å². The predicted octanol–water partition coefficient (Wildman–Crippen LogP) is 2.04. The van der Waals surface area contributed by atoms with Crippen LogP contribution in [0.25, 0.3) is 0 Å². The Morgan fingerprint density at radius 3 is 2.81 bits per heavy atom. The van der Waals surface area contributed by atoms with Gasteiger partial charge in [0.2, 0.25) is 5.88 Å². The topological polar surface area (TPSA) is 47.0 Å². The highest BCUT2D eigenvalue weighted by Crippen LogP contribution is 2.29. The maximum atomic E-state index is 5.55. The molecule has 0 unspecified atom stereocenters. The molecule has 86 valence electrons. The van der Waals surface area contributed by atoms with Crippen LogP contribution >= 0.6 is 0 Å². The van der Waals surface area contributed by atoms with Crippen molar-refractivity contribution in [2.24, 2.45) is 0 Å². The first-order valence-corrected chi connectivity index (χ1v) is 5.29. The van der Waals surface area contributed by atoms with Gasteiger partial charge in [0.25, 0.3) is 0 Å². The summed E-state index contributed by atoms with van der Waals surface area (Å²) in [6.07, 6.45) is 7.24. The van der Waals surface area contributed by atoms with E-state index in [0.717, 1.165) is 11.4 Å². The fourth-order valence-electron chi connectivity index (χ4n) is 1.42. The van der Waals surface area contributed by atoms with Gasteiger partial charge in [-0.05, 0) is 5.92 Å². The Morgan fingerprint density at radius 1 is 1.50 bits per heavy atom. The third-order valence-corrected chi connectivity index (χ3v) is 2.15. The molecular weight excluding hydrogens is 202 g/mol. The van der Waals surface area contributed by atoms with Crippen LogP contribution in [0.4, 0.5) is 5.82 Å². The first-order valence-electron chi connectivity index (χ1n) is 5.29. The van der Waals surface area contributed by atoms with Gasteiger partial charge in [-0.15, -0.1) is 12.3 Å². The lowest BCUT2D eigenvalue weighted by molar-refractivity contribution is 0.309. The molecule has 0 fully saturated rings. The Morgan fingerprint density at radius 2 is 2.25 bits per heavy atom. The standard InChI is InChI=1S/C12H17N3O/c1-5-6-7-16-12-10(9(2)3)11(13-4)14-8-15-12/h1,8-9H,6-7H2,2-4H3,(H,13,14,15). The first kappa shape index (κ1) is 12.3. The molecule has 0 saturated heterocycles. The maximum Gasteiger partial charge on any atom is 0.222 e. The number of ether oxygens (including phenoxy) is 1. The van der Waals surface area contributed by atoms with E-state index in [0.29, 0.717) is 24.8 Å². The minimum atomic E-state index is 0.296. The molecule has 0 spiro atoms. The van der Waals surface area contributed by atoms with Gasteiger partial charge in [0.05, 0.1) is 5.56 Å². The quantitative estimate of drug-likeness (QED) is 0.608. The highest BCUT2D eigenvalue weighted by molar-refractivity contribution is 5.50. The molecule has 0 atom stereocenters. The van der Waals surface area contributed by atoms with Gasteiger partial charge < -0.3 is 10.1 Å². The van der Waals surface area contributed by atoms with Crippen molar-refractivity contribution in [2.45, 2.75) is 26.2 Å². The first-order chi connectivity index (χ1) is 7.70. The number of aromatic nitrogens is 2. The van der Waals surface area contributed by atoms with Crippen LogP contribution in [0.15, 0.2) is 6.33 Å². The maximum absolute atomic E-state index is 5.55. The second-order valence-electron chi connectivity index (χ2n) is 3.65. The van der Waals surface area contributed by atoms with E-state index in [2.05, 4.69) is 35.1 Å². The summed E-state index contributed by atoms with van der Waals surface area (Å²) < 4.78 is 5.55. The molecule has 1 rings (SSSR count). The molecule has 16 heavy (non-hydrogen) atoms. The van der Waals surface area contributed by atoms with Gasteiger partial charge in [-0.1, -0.05) is 13.8 Å². The molecule has 0 aliphatic carbocycles. The summed E-state index contributed by atoms with van der Waals surface area (Å²) in [6.45, 7) is 4.64. The van der Waals surface area contributed by atoms with Crippen molar-refractivity contribution in [3.63, 3.8) is 0 Å². The summed E-state index contributed by atoms with van der Waals surface area (Å²) in [7, 11) is 1.83.